The molecule has 0 radical (unpaired) electrons. The first-order valence-electron chi connectivity index (χ1n) is 10.7. The van der Waals surface area contributed by atoms with Gasteiger partial charge >= 0.3 is 0 Å². The van der Waals surface area contributed by atoms with Crippen LogP contribution in [0.2, 0.25) is 0 Å². The van der Waals surface area contributed by atoms with Gasteiger partial charge in [-0.1, -0.05) is 35.6 Å². The molecule has 0 amide bonds. The van der Waals surface area contributed by atoms with Crippen molar-refractivity contribution in [1.82, 2.24) is 24.3 Å². The van der Waals surface area contributed by atoms with E-state index in [-0.39, 0.29) is 18.4 Å². The molecule has 0 unspecified atom stereocenters. The summed E-state index contributed by atoms with van der Waals surface area (Å²) in [4.78, 5) is 9.74. The normalized spacial score (nSPS) is 15.9. The minimum Gasteiger partial charge on any atom is -0.486 e. The van der Waals surface area contributed by atoms with E-state index in [1.165, 1.54) is 6.34 Å². The zero-order valence-corrected chi connectivity index (χ0v) is 19.2. The summed E-state index contributed by atoms with van der Waals surface area (Å²) in [5.74, 6) is 5.92. The van der Waals surface area contributed by atoms with Gasteiger partial charge in [-0.05, 0) is 30.5 Å². The van der Waals surface area contributed by atoms with Gasteiger partial charge < -0.3 is 10.6 Å². The molecule has 2 aromatic heterocycles. The van der Waals surface area contributed by atoms with Crippen LogP contribution in [0.15, 0.2) is 70.2 Å². The van der Waals surface area contributed by atoms with Gasteiger partial charge in [-0.3, -0.25) is 0 Å². The lowest BCUT2D eigenvalue weighted by atomic mass is 10.1. The fourth-order valence-electron chi connectivity index (χ4n) is 3.58. The minimum absolute atomic E-state index is 0.0149. The molecule has 1 fully saturated rings. The Morgan fingerprint density at radius 2 is 1.91 bits per heavy atom. The molecule has 3 aromatic rings. The molecule has 1 aliphatic rings. The lowest BCUT2D eigenvalue weighted by Gasteiger charge is -2.30. The van der Waals surface area contributed by atoms with E-state index in [1.807, 2.05) is 30.3 Å². The van der Waals surface area contributed by atoms with Crippen LogP contribution in [-0.4, -0.2) is 52.1 Å². The molecule has 3 heterocycles. The van der Waals surface area contributed by atoms with Crippen molar-refractivity contribution in [3.63, 3.8) is 0 Å². The highest BCUT2D eigenvalue weighted by Crippen LogP contribution is 2.24. The molecule has 4 rings (SSSR count). The topological polar surface area (TPSA) is 153 Å². The van der Waals surface area contributed by atoms with Crippen molar-refractivity contribution >= 4 is 22.2 Å². The standard InChI is InChI=1S/C21H25N9O3S/c22-28-25-16-24-21-7-6-20(13-23-21)33-14-18-12-26-30(27-18)19-8-10-29(11-9-19)34(31,32)15-17-4-2-1-3-5-17/h1-7,12-13,16,19H,8-11,14-15H2,(H2,22,23,24,25). The van der Waals surface area contributed by atoms with Crippen molar-refractivity contribution in [2.45, 2.75) is 31.2 Å². The number of aromatic nitrogens is 4. The fourth-order valence-corrected chi connectivity index (χ4v) is 5.15. The molecule has 0 aliphatic carbocycles. The summed E-state index contributed by atoms with van der Waals surface area (Å²) in [5.41, 5.74) is 1.46. The Kier molecular flexibility index (Phi) is 7.54. The Morgan fingerprint density at radius 3 is 2.62 bits per heavy atom. The summed E-state index contributed by atoms with van der Waals surface area (Å²) in [6.07, 6.45) is 5.70. The molecule has 178 valence electrons. The van der Waals surface area contributed by atoms with Crippen molar-refractivity contribution in [2.24, 2.45) is 21.2 Å². The molecular formula is C21H25N9O3S. The van der Waals surface area contributed by atoms with Crippen LogP contribution in [0, 0.1) is 0 Å². The predicted octanol–water partition coefficient (Wildman–Crippen LogP) is 2.40. The average molecular weight is 484 g/mol. The van der Waals surface area contributed by atoms with Gasteiger partial charge in [-0.25, -0.2) is 22.7 Å². The number of pyridine rings is 1. The minimum atomic E-state index is -3.35. The predicted molar refractivity (Wildman–Crippen MR) is 125 cm³/mol. The van der Waals surface area contributed by atoms with E-state index in [1.54, 1.807) is 33.6 Å². The van der Waals surface area contributed by atoms with E-state index in [0.717, 1.165) is 5.56 Å². The van der Waals surface area contributed by atoms with E-state index in [0.29, 0.717) is 43.2 Å². The Morgan fingerprint density at radius 1 is 1.12 bits per heavy atom. The third-order valence-electron chi connectivity index (χ3n) is 5.31. The van der Waals surface area contributed by atoms with E-state index in [9.17, 15) is 8.42 Å². The highest BCUT2D eigenvalue weighted by molar-refractivity contribution is 7.88. The lowest BCUT2D eigenvalue weighted by molar-refractivity contribution is 0.241. The Hall–Kier alpha value is -3.71. The third-order valence-corrected chi connectivity index (χ3v) is 7.16. The Bertz CT molecular complexity index is 1220. The second kappa shape index (κ2) is 10.9. The molecule has 2 N–H and O–H groups in total. The average Bonchev–Trinajstić information content (AvgIpc) is 3.33. The maximum absolute atomic E-state index is 12.8. The summed E-state index contributed by atoms with van der Waals surface area (Å²) in [6.45, 7) is 1.12. The van der Waals surface area contributed by atoms with Crippen LogP contribution in [0.5, 0.6) is 5.75 Å². The summed E-state index contributed by atoms with van der Waals surface area (Å²) in [7, 11) is -3.35. The number of rotatable bonds is 9. The number of hydrogen-bond donors (Lipinski definition) is 1. The fraction of sp³-hybridized carbons (Fsp3) is 0.333. The largest absolute Gasteiger partial charge is 0.486 e. The summed E-state index contributed by atoms with van der Waals surface area (Å²) >= 11 is 0. The van der Waals surface area contributed by atoms with E-state index in [2.05, 4.69) is 30.5 Å². The van der Waals surface area contributed by atoms with Crippen LogP contribution >= 0.6 is 0 Å². The number of piperidine rings is 1. The maximum Gasteiger partial charge on any atom is 0.218 e. The van der Waals surface area contributed by atoms with Crippen LogP contribution in [0.1, 0.15) is 30.1 Å². The van der Waals surface area contributed by atoms with E-state index < -0.39 is 10.0 Å². The molecule has 34 heavy (non-hydrogen) atoms. The SMILES string of the molecule is NN=NC=Nc1ccc(OCc2cnn(C3CCN(S(=O)(=O)Cc4ccccc4)CC3)n2)cn1. The van der Waals surface area contributed by atoms with Gasteiger partial charge in [0, 0.05) is 13.1 Å². The van der Waals surface area contributed by atoms with Crippen LogP contribution in [0.25, 0.3) is 0 Å². The number of hydrogen-bond acceptors (Lipinski definition) is 8. The van der Waals surface area contributed by atoms with Crippen molar-refractivity contribution < 1.29 is 13.2 Å². The quantitative estimate of drug-likeness (QED) is 0.161. The highest BCUT2D eigenvalue weighted by atomic mass is 32.2. The number of sulfonamides is 1. The first-order chi connectivity index (χ1) is 16.5. The van der Waals surface area contributed by atoms with Crippen LogP contribution in [-0.2, 0) is 22.4 Å². The highest BCUT2D eigenvalue weighted by Gasteiger charge is 2.29. The van der Waals surface area contributed by atoms with Crippen molar-refractivity contribution in [3.8, 4) is 5.75 Å². The number of aliphatic imine (C=N–C) groups is 1. The monoisotopic (exact) mass is 483 g/mol. The smallest absolute Gasteiger partial charge is 0.218 e. The van der Waals surface area contributed by atoms with Gasteiger partial charge in [0.1, 0.15) is 24.4 Å². The molecule has 1 aliphatic heterocycles. The maximum atomic E-state index is 12.8. The second-order valence-electron chi connectivity index (χ2n) is 7.64. The lowest BCUT2D eigenvalue weighted by Crippen LogP contribution is -2.40. The van der Waals surface area contributed by atoms with Gasteiger partial charge in [0.25, 0.3) is 0 Å². The Labute approximate surface area is 197 Å². The van der Waals surface area contributed by atoms with Gasteiger partial charge in [0.05, 0.1) is 24.2 Å². The van der Waals surface area contributed by atoms with Crippen molar-refractivity contribution in [3.05, 3.63) is 66.1 Å². The molecule has 13 heteroatoms. The first-order valence-corrected chi connectivity index (χ1v) is 12.3. The molecule has 12 nitrogen and oxygen atoms in total. The molecule has 0 bridgehead atoms. The molecule has 0 saturated carbocycles. The molecular weight excluding hydrogens is 458 g/mol. The molecule has 1 aromatic carbocycles. The summed E-state index contributed by atoms with van der Waals surface area (Å²) in [6, 6.07) is 12.7. The third kappa shape index (κ3) is 6.20. The van der Waals surface area contributed by atoms with Gasteiger partial charge in [-0.2, -0.15) is 15.0 Å². The van der Waals surface area contributed by atoms with Gasteiger partial charge in [0.15, 0.2) is 5.82 Å². The number of ether oxygens (including phenoxy) is 1. The van der Waals surface area contributed by atoms with Gasteiger partial charge in [-0.15, -0.1) is 5.11 Å². The zero-order valence-electron chi connectivity index (χ0n) is 18.4. The van der Waals surface area contributed by atoms with E-state index >= 15 is 0 Å². The first kappa shape index (κ1) is 23.4. The molecule has 1 saturated heterocycles. The Balaban J connectivity index is 1.27. The molecule has 0 spiro atoms. The number of nitrogens with zero attached hydrogens (tertiary/aromatic N) is 8. The summed E-state index contributed by atoms with van der Waals surface area (Å²) in [5, 5.41) is 15.4. The molecule has 0 atom stereocenters. The van der Waals surface area contributed by atoms with Crippen molar-refractivity contribution in [2.75, 3.05) is 13.1 Å². The number of nitrogens with two attached hydrogens (primary N) is 1. The summed E-state index contributed by atoms with van der Waals surface area (Å²) < 4.78 is 32.8. The number of benzene rings is 1. The van der Waals surface area contributed by atoms with Crippen LogP contribution in [0.3, 0.4) is 0 Å². The van der Waals surface area contributed by atoms with Gasteiger partial charge in [0.2, 0.25) is 10.0 Å². The second-order valence-corrected chi connectivity index (χ2v) is 9.61. The van der Waals surface area contributed by atoms with E-state index in [4.69, 9.17) is 10.6 Å². The van der Waals surface area contributed by atoms with Crippen LogP contribution in [0.4, 0.5) is 5.82 Å². The van der Waals surface area contributed by atoms with Crippen molar-refractivity contribution in [1.29, 1.82) is 0 Å². The zero-order chi connectivity index (χ0) is 23.8. The van der Waals surface area contributed by atoms with Crippen LogP contribution < -0.4 is 10.6 Å².